The first-order chi connectivity index (χ1) is 11.0. The van der Waals surface area contributed by atoms with Crippen LogP contribution in [0.3, 0.4) is 0 Å². The smallest absolute Gasteiger partial charge is 0.267 e. The second-order valence-electron chi connectivity index (χ2n) is 5.12. The number of carbonyl (C=O) groups is 1. The van der Waals surface area contributed by atoms with Crippen LogP contribution in [-0.2, 0) is 4.79 Å². The highest BCUT2D eigenvalue weighted by molar-refractivity contribution is 5.86. The number of aliphatic hydroxyl groups is 2. The maximum Gasteiger partial charge on any atom is 0.267 e. The fraction of sp³-hybridized carbons (Fsp3) is 0.353. The molecule has 0 aliphatic heterocycles. The predicted octanol–water partition coefficient (Wildman–Crippen LogP) is 1.74. The van der Waals surface area contributed by atoms with Crippen molar-refractivity contribution in [2.75, 3.05) is 13.2 Å². The number of carbonyl (C=O) groups excluding carboxylic acids is 1. The molecular weight excluding hydrogens is 298 g/mol. The van der Waals surface area contributed by atoms with E-state index in [2.05, 4.69) is 0 Å². The first-order valence-electron chi connectivity index (χ1n) is 7.30. The van der Waals surface area contributed by atoms with E-state index in [1.807, 2.05) is 13.8 Å². The minimum absolute atomic E-state index is 0.0484. The standard InChI is InChI=1S/C17H23NO5/c1-12(4-3-5-16(20)18-22)13(2)17(21)14-6-8-15(9-7-14)23-11-10-19/h3-9,13,17,19,21-22H,10-11H2,1-2H3,(H,18,20)/b5-3+,12-4+/t13-,17+/m0/s1. The molecule has 0 bridgehead atoms. The predicted molar refractivity (Wildman–Crippen MR) is 86.0 cm³/mol. The first kappa shape index (κ1) is 18.9. The molecule has 1 amide bonds. The lowest BCUT2D eigenvalue weighted by Gasteiger charge is -2.20. The van der Waals surface area contributed by atoms with Crippen molar-refractivity contribution in [2.24, 2.45) is 5.92 Å². The van der Waals surface area contributed by atoms with E-state index in [0.29, 0.717) is 5.75 Å². The lowest BCUT2D eigenvalue weighted by Crippen LogP contribution is -2.14. The highest BCUT2D eigenvalue weighted by Crippen LogP contribution is 2.28. The molecule has 4 N–H and O–H groups in total. The summed E-state index contributed by atoms with van der Waals surface area (Å²) in [5, 5.41) is 27.5. The van der Waals surface area contributed by atoms with Crippen LogP contribution in [-0.4, -0.2) is 34.5 Å². The Morgan fingerprint density at radius 1 is 1.35 bits per heavy atom. The zero-order chi connectivity index (χ0) is 17.2. The van der Waals surface area contributed by atoms with E-state index in [9.17, 15) is 9.90 Å². The van der Waals surface area contributed by atoms with Crippen LogP contribution in [0.5, 0.6) is 5.75 Å². The van der Waals surface area contributed by atoms with Crippen LogP contribution in [0, 0.1) is 5.92 Å². The van der Waals surface area contributed by atoms with Gasteiger partial charge < -0.3 is 14.9 Å². The van der Waals surface area contributed by atoms with Gasteiger partial charge in [-0.05, 0) is 24.6 Å². The fourth-order valence-electron chi connectivity index (χ4n) is 1.94. The zero-order valence-electron chi connectivity index (χ0n) is 13.3. The fourth-order valence-corrected chi connectivity index (χ4v) is 1.94. The Morgan fingerprint density at radius 2 is 2.00 bits per heavy atom. The summed E-state index contributed by atoms with van der Waals surface area (Å²) in [7, 11) is 0. The van der Waals surface area contributed by atoms with Gasteiger partial charge >= 0.3 is 0 Å². The number of aliphatic hydroxyl groups excluding tert-OH is 2. The van der Waals surface area contributed by atoms with Gasteiger partial charge in [0.1, 0.15) is 12.4 Å². The maximum atomic E-state index is 10.9. The molecule has 6 nitrogen and oxygen atoms in total. The van der Waals surface area contributed by atoms with Crippen molar-refractivity contribution >= 4 is 5.91 Å². The van der Waals surface area contributed by atoms with Gasteiger partial charge in [-0.15, -0.1) is 0 Å². The van der Waals surface area contributed by atoms with Crippen molar-refractivity contribution in [3.05, 3.63) is 53.6 Å². The summed E-state index contributed by atoms with van der Waals surface area (Å²) < 4.78 is 5.27. The number of hydrogen-bond donors (Lipinski definition) is 4. The van der Waals surface area contributed by atoms with Crippen LogP contribution < -0.4 is 10.2 Å². The Balaban J connectivity index is 2.71. The molecule has 6 heteroatoms. The molecular formula is C17H23NO5. The molecule has 2 atom stereocenters. The lowest BCUT2D eigenvalue weighted by atomic mass is 9.91. The van der Waals surface area contributed by atoms with E-state index in [1.54, 1.807) is 30.3 Å². The van der Waals surface area contributed by atoms with Gasteiger partial charge in [0.25, 0.3) is 5.91 Å². The molecule has 1 aromatic carbocycles. The number of hydroxylamine groups is 1. The third kappa shape index (κ3) is 6.23. The lowest BCUT2D eigenvalue weighted by molar-refractivity contribution is -0.124. The normalized spacial score (nSPS) is 14.6. The van der Waals surface area contributed by atoms with Gasteiger partial charge in [-0.3, -0.25) is 10.0 Å². The van der Waals surface area contributed by atoms with Crippen LogP contribution in [0.15, 0.2) is 48.1 Å². The third-order valence-corrected chi connectivity index (χ3v) is 3.49. The summed E-state index contributed by atoms with van der Waals surface area (Å²) in [6, 6.07) is 7.03. The SMILES string of the molecule is C/C(=C\C=C\C(=O)NO)[C@H](C)[C@@H](O)c1ccc(OCCO)cc1. The number of amides is 1. The van der Waals surface area contributed by atoms with Crippen LogP contribution in [0.25, 0.3) is 0 Å². The quantitative estimate of drug-likeness (QED) is 0.253. The van der Waals surface area contributed by atoms with Crippen molar-refractivity contribution in [1.29, 1.82) is 0 Å². The summed E-state index contributed by atoms with van der Waals surface area (Å²) in [6.07, 6.45) is 3.71. The molecule has 126 valence electrons. The Kier molecular flexibility index (Phi) is 8.04. The number of ether oxygens (including phenoxy) is 1. The molecule has 1 rings (SSSR count). The first-order valence-corrected chi connectivity index (χ1v) is 7.30. The van der Waals surface area contributed by atoms with Gasteiger partial charge in [0, 0.05) is 12.0 Å². The molecule has 0 unspecified atom stereocenters. The summed E-state index contributed by atoms with van der Waals surface area (Å²) >= 11 is 0. The summed E-state index contributed by atoms with van der Waals surface area (Å²) in [5.74, 6) is -0.130. The van der Waals surface area contributed by atoms with Crippen LogP contribution in [0.4, 0.5) is 0 Å². The maximum absolute atomic E-state index is 10.9. The highest BCUT2D eigenvalue weighted by atomic mass is 16.5. The second-order valence-corrected chi connectivity index (χ2v) is 5.12. The van der Waals surface area contributed by atoms with E-state index in [4.69, 9.17) is 15.1 Å². The monoisotopic (exact) mass is 321 g/mol. The third-order valence-electron chi connectivity index (χ3n) is 3.49. The summed E-state index contributed by atoms with van der Waals surface area (Å²) in [6.45, 7) is 3.92. The van der Waals surface area contributed by atoms with Gasteiger partial charge in [0.15, 0.2) is 0 Å². The molecule has 1 aromatic rings. The van der Waals surface area contributed by atoms with Crippen molar-refractivity contribution < 1.29 is 25.0 Å². The molecule has 0 fully saturated rings. The van der Waals surface area contributed by atoms with E-state index in [-0.39, 0.29) is 19.1 Å². The van der Waals surface area contributed by atoms with Crippen molar-refractivity contribution in [2.45, 2.75) is 20.0 Å². The van der Waals surface area contributed by atoms with Crippen molar-refractivity contribution in [1.82, 2.24) is 5.48 Å². The number of allylic oxidation sites excluding steroid dienone is 2. The molecule has 23 heavy (non-hydrogen) atoms. The molecule has 0 aliphatic carbocycles. The Hall–Kier alpha value is -2.15. The van der Waals surface area contributed by atoms with E-state index in [0.717, 1.165) is 11.1 Å². The van der Waals surface area contributed by atoms with E-state index < -0.39 is 12.0 Å². The minimum Gasteiger partial charge on any atom is -0.491 e. The Bertz CT molecular complexity index is 551. The van der Waals surface area contributed by atoms with Crippen LogP contribution in [0.1, 0.15) is 25.5 Å². The Morgan fingerprint density at radius 3 is 2.57 bits per heavy atom. The molecule has 0 saturated heterocycles. The largest absolute Gasteiger partial charge is 0.491 e. The average Bonchev–Trinajstić information content (AvgIpc) is 2.58. The van der Waals surface area contributed by atoms with Crippen molar-refractivity contribution in [3.8, 4) is 5.75 Å². The van der Waals surface area contributed by atoms with Gasteiger partial charge in [0.2, 0.25) is 0 Å². The number of hydrogen-bond acceptors (Lipinski definition) is 5. The summed E-state index contributed by atoms with van der Waals surface area (Å²) in [5.41, 5.74) is 3.14. The van der Waals surface area contributed by atoms with Crippen molar-refractivity contribution in [3.63, 3.8) is 0 Å². The zero-order valence-corrected chi connectivity index (χ0v) is 13.3. The Labute approximate surface area is 135 Å². The number of benzene rings is 1. The molecule has 0 heterocycles. The van der Waals surface area contributed by atoms with E-state index in [1.165, 1.54) is 17.6 Å². The van der Waals surface area contributed by atoms with Gasteiger partial charge in [-0.1, -0.05) is 36.8 Å². The number of nitrogens with one attached hydrogen (secondary N) is 1. The second kappa shape index (κ2) is 9.78. The van der Waals surface area contributed by atoms with Gasteiger partial charge in [-0.2, -0.15) is 0 Å². The molecule has 0 spiro atoms. The number of rotatable bonds is 8. The van der Waals surface area contributed by atoms with Crippen LogP contribution in [0.2, 0.25) is 0 Å². The average molecular weight is 321 g/mol. The van der Waals surface area contributed by atoms with Crippen LogP contribution >= 0.6 is 0 Å². The van der Waals surface area contributed by atoms with Gasteiger partial charge in [0.05, 0.1) is 12.7 Å². The highest BCUT2D eigenvalue weighted by Gasteiger charge is 2.17. The van der Waals surface area contributed by atoms with E-state index >= 15 is 0 Å². The molecule has 0 aliphatic rings. The van der Waals surface area contributed by atoms with Gasteiger partial charge in [-0.25, -0.2) is 5.48 Å². The molecule has 0 saturated carbocycles. The molecule has 0 radical (unpaired) electrons. The topological polar surface area (TPSA) is 99.0 Å². The minimum atomic E-state index is -0.696. The summed E-state index contributed by atoms with van der Waals surface area (Å²) in [4.78, 5) is 10.9. The molecule has 0 aromatic heterocycles.